The number of aliphatic hydroxyl groups excluding tert-OH is 1. The Morgan fingerprint density at radius 1 is 1.11 bits per heavy atom. The first-order chi connectivity index (χ1) is 12.9. The van der Waals surface area contributed by atoms with Crippen molar-refractivity contribution >= 4 is 0 Å². The molecule has 0 aliphatic heterocycles. The molecule has 0 unspecified atom stereocenters. The number of hydrogen-bond acceptors (Lipinski definition) is 4. The number of halogens is 2. The molecule has 0 atom stereocenters. The number of benzene rings is 2. The lowest BCUT2D eigenvalue weighted by Gasteiger charge is -2.14. The second-order valence-electron chi connectivity index (χ2n) is 6.12. The standard InChI is InChI=1S/C20H18F2N2O3/c1-12-3-4-14(10-25)7-18(12)24-13(2)23-19(9-20(24)26)27-11-15-5-6-16(21)8-17(15)22/h3-9,25H,10-11H2,1-2H3. The van der Waals surface area contributed by atoms with Crippen molar-refractivity contribution in [1.29, 1.82) is 0 Å². The third-order valence-corrected chi connectivity index (χ3v) is 4.15. The Morgan fingerprint density at radius 3 is 2.56 bits per heavy atom. The highest BCUT2D eigenvalue weighted by atomic mass is 19.1. The van der Waals surface area contributed by atoms with E-state index in [9.17, 15) is 18.7 Å². The molecule has 0 fully saturated rings. The fourth-order valence-corrected chi connectivity index (χ4v) is 2.72. The van der Waals surface area contributed by atoms with E-state index in [1.165, 1.54) is 16.7 Å². The molecule has 0 aliphatic rings. The van der Waals surface area contributed by atoms with E-state index in [0.717, 1.165) is 17.7 Å². The molecule has 5 nitrogen and oxygen atoms in total. The second-order valence-corrected chi connectivity index (χ2v) is 6.12. The van der Waals surface area contributed by atoms with Gasteiger partial charge in [-0.05, 0) is 43.2 Å². The van der Waals surface area contributed by atoms with Crippen molar-refractivity contribution < 1.29 is 18.6 Å². The molecule has 140 valence electrons. The van der Waals surface area contributed by atoms with Crippen LogP contribution in [0.25, 0.3) is 5.69 Å². The van der Waals surface area contributed by atoms with Crippen molar-refractivity contribution in [3.05, 3.63) is 87.0 Å². The number of aryl methyl sites for hydroxylation is 2. The molecule has 7 heteroatoms. The van der Waals surface area contributed by atoms with Gasteiger partial charge >= 0.3 is 0 Å². The van der Waals surface area contributed by atoms with Gasteiger partial charge < -0.3 is 9.84 Å². The van der Waals surface area contributed by atoms with Crippen molar-refractivity contribution in [2.75, 3.05) is 0 Å². The Kier molecular flexibility index (Phi) is 5.32. The fraction of sp³-hybridized carbons (Fsp3) is 0.200. The van der Waals surface area contributed by atoms with Gasteiger partial charge in [-0.15, -0.1) is 0 Å². The zero-order valence-corrected chi connectivity index (χ0v) is 14.9. The van der Waals surface area contributed by atoms with Crippen LogP contribution in [0.15, 0.2) is 47.3 Å². The fourth-order valence-electron chi connectivity index (χ4n) is 2.72. The van der Waals surface area contributed by atoms with Gasteiger partial charge in [0.25, 0.3) is 5.56 Å². The maximum absolute atomic E-state index is 13.7. The van der Waals surface area contributed by atoms with Crippen LogP contribution in [-0.4, -0.2) is 14.7 Å². The highest BCUT2D eigenvalue weighted by Gasteiger charge is 2.12. The summed E-state index contributed by atoms with van der Waals surface area (Å²) in [7, 11) is 0. The van der Waals surface area contributed by atoms with Crippen molar-refractivity contribution in [2.45, 2.75) is 27.1 Å². The van der Waals surface area contributed by atoms with Gasteiger partial charge in [0.1, 0.15) is 24.1 Å². The molecule has 2 aromatic carbocycles. The third kappa shape index (κ3) is 4.03. The maximum atomic E-state index is 13.7. The summed E-state index contributed by atoms with van der Waals surface area (Å²) in [4.78, 5) is 16.8. The van der Waals surface area contributed by atoms with Crippen molar-refractivity contribution in [3.63, 3.8) is 0 Å². The van der Waals surface area contributed by atoms with Crippen LogP contribution in [0, 0.1) is 25.5 Å². The molecular weight excluding hydrogens is 354 g/mol. The van der Waals surface area contributed by atoms with Gasteiger partial charge in [-0.3, -0.25) is 9.36 Å². The number of nitrogens with zero attached hydrogens (tertiary/aromatic N) is 2. The second kappa shape index (κ2) is 7.67. The largest absolute Gasteiger partial charge is 0.472 e. The maximum Gasteiger partial charge on any atom is 0.261 e. The van der Waals surface area contributed by atoms with Gasteiger partial charge in [-0.2, -0.15) is 4.98 Å². The first kappa shape index (κ1) is 18.7. The van der Waals surface area contributed by atoms with Gasteiger partial charge in [-0.1, -0.05) is 12.1 Å². The van der Waals surface area contributed by atoms with Gasteiger partial charge in [0, 0.05) is 11.6 Å². The first-order valence-corrected chi connectivity index (χ1v) is 8.27. The van der Waals surface area contributed by atoms with Gasteiger partial charge in [0.15, 0.2) is 0 Å². The molecule has 0 radical (unpaired) electrons. The zero-order chi connectivity index (χ0) is 19.6. The normalized spacial score (nSPS) is 10.9. The number of rotatable bonds is 5. The predicted molar refractivity (Wildman–Crippen MR) is 95.9 cm³/mol. The highest BCUT2D eigenvalue weighted by Crippen LogP contribution is 2.18. The van der Waals surface area contributed by atoms with E-state index in [2.05, 4.69) is 4.98 Å². The van der Waals surface area contributed by atoms with E-state index in [0.29, 0.717) is 17.1 Å². The minimum Gasteiger partial charge on any atom is -0.472 e. The monoisotopic (exact) mass is 372 g/mol. The van der Waals surface area contributed by atoms with E-state index in [1.54, 1.807) is 19.1 Å². The number of hydrogen-bond donors (Lipinski definition) is 1. The van der Waals surface area contributed by atoms with Crippen LogP contribution >= 0.6 is 0 Å². The predicted octanol–water partition coefficient (Wildman–Crippen LogP) is 3.20. The smallest absolute Gasteiger partial charge is 0.261 e. The molecule has 3 aromatic rings. The molecule has 0 bridgehead atoms. The molecular formula is C20H18F2N2O3. The van der Waals surface area contributed by atoms with Crippen molar-refractivity contribution in [3.8, 4) is 11.6 Å². The van der Waals surface area contributed by atoms with Gasteiger partial charge in [0.2, 0.25) is 5.88 Å². The average Bonchev–Trinajstić information content (AvgIpc) is 2.62. The number of aromatic nitrogens is 2. The van der Waals surface area contributed by atoms with Crippen LogP contribution in [-0.2, 0) is 13.2 Å². The van der Waals surface area contributed by atoms with E-state index < -0.39 is 11.6 Å². The molecule has 0 amide bonds. The summed E-state index contributed by atoms with van der Waals surface area (Å²) < 4.78 is 33.5. The van der Waals surface area contributed by atoms with Crippen LogP contribution in [0.5, 0.6) is 5.88 Å². The van der Waals surface area contributed by atoms with Crippen LogP contribution in [0.4, 0.5) is 8.78 Å². The lowest BCUT2D eigenvalue weighted by Crippen LogP contribution is -2.22. The molecule has 3 rings (SSSR count). The molecule has 1 heterocycles. The molecule has 0 saturated heterocycles. The summed E-state index contributed by atoms with van der Waals surface area (Å²) in [6.07, 6.45) is 0. The van der Waals surface area contributed by atoms with E-state index >= 15 is 0 Å². The summed E-state index contributed by atoms with van der Waals surface area (Å²) in [5.74, 6) is -0.964. The van der Waals surface area contributed by atoms with Crippen LogP contribution in [0.1, 0.15) is 22.5 Å². The van der Waals surface area contributed by atoms with Crippen LogP contribution < -0.4 is 10.3 Å². The molecule has 0 spiro atoms. The van der Waals surface area contributed by atoms with E-state index in [1.807, 2.05) is 13.0 Å². The summed E-state index contributed by atoms with van der Waals surface area (Å²) in [6.45, 7) is 3.18. The van der Waals surface area contributed by atoms with E-state index in [-0.39, 0.29) is 30.2 Å². The Labute approximate surface area is 154 Å². The molecule has 1 N–H and O–H groups in total. The number of aliphatic hydroxyl groups is 1. The summed E-state index contributed by atoms with van der Waals surface area (Å²) >= 11 is 0. The van der Waals surface area contributed by atoms with Gasteiger partial charge in [-0.25, -0.2) is 8.78 Å². The Balaban J connectivity index is 1.90. The third-order valence-electron chi connectivity index (χ3n) is 4.15. The van der Waals surface area contributed by atoms with Crippen LogP contribution in [0.2, 0.25) is 0 Å². The van der Waals surface area contributed by atoms with E-state index in [4.69, 9.17) is 4.74 Å². The van der Waals surface area contributed by atoms with Crippen molar-refractivity contribution in [2.24, 2.45) is 0 Å². The SMILES string of the molecule is Cc1ccc(CO)cc1-n1c(C)nc(OCc2ccc(F)cc2F)cc1=O. The average molecular weight is 372 g/mol. The zero-order valence-electron chi connectivity index (χ0n) is 14.9. The first-order valence-electron chi connectivity index (χ1n) is 8.27. The number of ether oxygens (including phenoxy) is 1. The minimum atomic E-state index is -0.725. The molecule has 27 heavy (non-hydrogen) atoms. The Morgan fingerprint density at radius 2 is 1.89 bits per heavy atom. The Bertz CT molecular complexity index is 1050. The van der Waals surface area contributed by atoms with Crippen molar-refractivity contribution in [1.82, 2.24) is 9.55 Å². The lowest BCUT2D eigenvalue weighted by molar-refractivity contribution is 0.281. The molecule has 0 aliphatic carbocycles. The summed E-state index contributed by atoms with van der Waals surface area (Å²) in [6, 6.07) is 9.71. The summed E-state index contributed by atoms with van der Waals surface area (Å²) in [5.41, 5.74) is 1.93. The lowest BCUT2D eigenvalue weighted by atomic mass is 10.1. The minimum absolute atomic E-state index is 0.0495. The van der Waals surface area contributed by atoms with Gasteiger partial charge in [0.05, 0.1) is 18.4 Å². The topological polar surface area (TPSA) is 64.3 Å². The summed E-state index contributed by atoms with van der Waals surface area (Å²) in [5, 5.41) is 9.32. The quantitative estimate of drug-likeness (QED) is 0.747. The molecule has 0 saturated carbocycles. The highest BCUT2D eigenvalue weighted by molar-refractivity contribution is 5.44. The van der Waals surface area contributed by atoms with Crippen LogP contribution in [0.3, 0.4) is 0 Å². The Hall–Kier alpha value is -3.06. The molecule has 1 aromatic heterocycles.